The molecule has 0 spiro atoms. The number of aromatic nitrogens is 2. The number of hydrogen-bond acceptors (Lipinski definition) is 7. The summed E-state index contributed by atoms with van der Waals surface area (Å²) in [6.45, 7) is 3.55. The van der Waals surface area contributed by atoms with Crippen molar-refractivity contribution in [1.82, 2.24) is 9.55 Å². The molecule has 0 fully saturated rings. The number of esters is 1. The number of cyclic esters (lactones) is 1. The molecule has 5 rings (SSSR count). The van der Waals surface area contributed by atoms with Crippen molar-refractivity contribution in [2.24, 2.45) is 0 Å². The monoisotopic (exact) mass is 486 g/mol. The van der Waals surface area contributed by atoms with Gasteiger partial charge in [-0.2, -0.15) is 24.4 Å². The highest BCUT2D eigenvalue weighted by molar-refractivity contribution is 7.99. The van der Waals surface area contributed by atoms with E-state index in [1.807, 2.05) is 6.07 Å². The number of halogens is 1. The molecule has 2 aliphatic rings. The Kier molecular flexibility index (Phi) is 5.54. The zero-order valence-corrected chi connectivity index (χ0v) is 20.0. The Bertz CT molecular complexity index is 1390. The molecule has 0 radical (unpaired) electrons. The number of ether oxygens (including phenoxy) is 1. The van der Waals surface area contributed by atoms with Crippen LogP contribution in [0.3, 0.4) is 0 Å². The maximum Gasteiger partial charge on any atom is 0.343 e. The van der Waals surface area contributed by atoms with Crippen LogP contribution in [0.2, 0.25) is 0 Å². The summed E-state index contributed by atoms with van der Waals surface area (Å²) in [6.07, 6.45) is 0.0792. The predicted octanol–water partition coefficient (Wildman–Crippen LogP) is 3.69. The number of thioether (sulfide) groups is 1. The van der Waals surface area contributed by atoms with Crippen LogP contribution in [0.5, 0.6) is 0 Å². The zero-order chi connectivity index (χ0) is 23.5. The fourth-order valence-corrected chi connectivity index (χ4v) is 5.89. The largest absolute Gasteiger partial charge is 0.458 e. The summed E-state index contributed by atoms with van der Waals surface area (Å²) in [7, 11) is 0. The molecule has 6 nitrogen and oxygen atoms in total. The highest BCUT2D eigenvalue weighted by atomic mass is 32.2. The van der Waals surface area contributed by atoms with E-state index in [9.17, 15) is 19.1 Å². The topological polar surface area (TPSA) is 81.4 Å². The molecule has 0 aliphatic carbocycles. The van der Waals surface area contributed by atoms with Crippen LogP contribution < -0.4 is 5.56 Å². The second-order valence-electron chi connectivity index (χ2n) is 8.42. The number of benzene rings is 1. The van der Waals surface area contributed by atoms with Gasteiger partial charge in [0.2, 0.25) is 0 Å². The number of pyridine rings is 2. The predicted molar refractivity (Wildman–Crippen MR) is 129 cm³/mol. The minimum Gasteiger partial charge on any atom is -0.458 e. The van der Waals surface area contributed by atoms with E-state index in [0.717, 1.165) is 28.0 Å². The molecule has 0 saturated carbocycles. The molecule has 172 valence electrons. The first-order chi connectivity index (χ1) is 15.8. The lowest BCUT2D eigenvalue weighted by molar-refractivity contribution is -0.172. The number of thiol groups is 1. The van der Waals surface area contributed by atoms with E-state index >= 15 is 0 Å². The van der Waals surface area contributed by atoms with Crippen LogP contribution in [0.4, 0.5) is 4.39 Å². The molecule has 1 aromatic carbocycles. The normalized spacial score (nSPS) is 18.8. The third-order valence-electron chi connectivity index (χ3n) is 6.57. The van der Waals surface area contributed by atoms with Crippen LogP contribution in [0.15, 0.2) is 23.0 Å². The van der Waals surface area contributed by atoms with Crippen LogP contribution >= 0.6 is 24.4 Å². The van der Waals surface area contributed by atoms with Crippen molar-refractivity contribution in [3.8, 4) is 11.4 Å². The lowest BCUT2D eigenvalue weighted by Crippen LogP contribution is -2.44. The lowest BCUT2D eigenvalue weighted by atomic mass is 9.86. The zero-order valence-electron chi connectivity index (χ0n) is 18.3. The van der Waals surface area contributed by atoms with Gasteiger partial charge in [0.05, 0.1) is 29.0 Å². The fraction of sp³-hybridized carbons (Fsp3) is 0.375. The van der Waals surface area contributed by atoms with E-state index < -0.39 is 11.6 Å². The summed E-state index contributed by atoms with van der Waals surface area (Å²) in [6, 6.07) is 4.92. The van der Waals surface area contributed by atoms with Crippen molar-refractivity contribution in [2.45, 2.75) is 44.8 Å². The molecule has 0 unspecified atom stereocenters. The molecular formula is C24H23FN2O4S2. The van der Waals surface area contributed by atoms with Crippen molar-refractivity contribution in [1.29, 1.82) is 0 Å². The van der Waals surface area contributed by atoms with E-state index in [2.05, 4.69) is 12.6 Å². The van der Waals surface area contributed by atoms with Gasteiger partial charge in [0, 0.05) is 34.1 Å². The average molecular weight is 487 g/mol. The standard InChI is InChI=1S/C24H23FN2O4S2/c1-3-24(30)17-7-20-21-14(9-27(20)22(28)15(17)10-31-23(24)29)16(11-33-5-4-32)13-6-12(2)18(25)8-19(13)26-21/h6-8,30,32H,3-5,9-11H2,1-2H3/t24-/m0/s1. The number of fused-ring (bicyclic) bond motifs is 5. The van der Waals surface area contributed by atoms with Crippen LogP contribution in [-0.4, -0.2) is 32.1 Å². The summed E-state index contributed by atoms with van der Waals surface area (Å²) in [4.78, 5) is 30.5. The Hall–Kier alpha value is -2.36. The Balaban J connectivity index is 1.78. The first-order valence-corrected chi connectivity index (χ1v) is 12.6. The number of carbonyl (C=O) groups excluding carboxylic acids is 1. The smallest absolute Gasteiger partial charge is 0.343 e. The molecular weight excluding hydrogens is 463 g/mol. The molecule has 1 atom stereocenters. The van der Waals surface area contributed by atoms with Gasteiger partial charge in [-0.25, -0.2) is 14.2 Å². The number of aliphatic hydroxyl groups is 1. The Morgan fingerprint density at radius 2 is 2.09 bits per heavy atom. The summed E-state index contributed by atoms with van der Waals surface area (Å²) in [5, 5.41) is 11.9. The Morgan fingerprint density at radius 3 is 2.82 bits per heavy atom. The number of carbonyl (C=O) groups is 1. The van der Waals surface area contributed by atoms with E-state index in [1.54, 1.807) is 36.2 Å². The highest BCUT2D eigenvalue weighted by Crippen LogP contribution is 2.41. The highest BCUT2D eigenvalue weighted by Gasteiger charge is 2.45. The molecule has 9 heteroatoms. The summed E-state index contributed by atoms with van der Waals surface area (Å²) >= 11 is 6.02. The second-order valence-corrected chi connectivity index (χ2v) is 9.97. The molecule has 0 amide bonds. The summed E-state index contributed by atoms with van der Waals surface area (Å²) < 4.78 is 21.2. The molecule has 0 bridgehead atoms. The summed E-state index contributed by atoms with van der Waals surface area (Å²) in [5.41, 5.74) is 2.47. The molecule has 2 aliphatic heterocycles. The van der Waals surface area contributed by atoms with E-state index in [4.69, 9.17) is 9.72 Å². The van der Waals surface area contributed by atoms with Crippen LogP contribution in [-0.2, 0) is 34.0 Å². The quantitative estimate of drug-likeness (QED) is 0.254. The van der Waals surface area contributed by atoms with Gasteiger partial charge in [0.1, 0.15) is 12.4 Å². The molecule has 3 aromatic rings. The molecule has 0 saturated heterocycles. The van der Waals surface area contributed by atoms with E-state index in [0.29, 0.717) is 34.8 Å². The van der Waals surface area contributed by atoms with Gasteiger partial charge in [-0.05, 0) is 42.4 Å². The number of nitrogens with zero attached hydrogens (tertiary/aromatic N) is 2. The van der Waals surface area contributed by atoms with Gasteiger partial charge < -0.3 is 14.4 Å². The molecule has 2 aromatic heterocycles. The maximum absolute atomic E-state index is 14.4. The third-order valence-corrected chi connectivity index (χ3v) is 8.08. The Morgan fingerprint density at radius 1 is 1.30 bits per heavy atom. The van der Waals surface area contributed by atoms with Crippen molar-refractivity contribution in [3.05, 3.63) is 62.2 Å². The van der Waals surface area contributed by atoms with Crippen molar-refractivity contribution in [3.63, 3.8) is 0 Å². The minimum absolute atomic E-state index is 0.0792. The van der Waals surface area contributed by atoms with Gasteiger partial charge in [-0.1, -0.05) is 6.92 Å². The average Bonchev–Trinajstić information content (AvgIpc) is 3.16. The molecule has 33 heavy (non-hydrogen) atoms. The van der Waals surface area contributed by atoms with E-state index in [-0.39, 0.29) is 35.5 Å². The number of hydrogen-bond donors (Lipinski definition) is 2. The Labute approximate surface area is 199 Å². The molecule has 4 heterocycles. The van der Waals surface area contributed by atoms with E-state index in [1.165, 1.54) is 6.07 Å². The maximum atomic E-state index is 14.4. The van der Waals surface area contributed by atoms with Gasteiger partial charge >= 0.3 is 5.97 Å². The van der Waals surface area contributed by atoms with Gasteiger partial charge in [0.25, 0.3) is 5.56 Å². The third kappa shape index (κ3) is 3.32. The first kappa shape index (κ1) is 22.4. The van der Waals surface area contributed by atoms with Crippen LogP contribution in [0.1, 0.15) is 41.2 Å². The second kappa shape index (κ2) is 8.14. The van der Waals surface area contributed by atoms with Gasteiger partial charge in [-0.15, -0.1) is 0 Å². The summed E-state index contributed by atoms with van der Waals surface area (Å²) in [5.74, 6) is 1.17. The number of aryl methyl sites for hydroxylation is 1. The minimum atomic E-state index is -1.88. The fourth-order valence-electron chi connectivity index (χ4n) is 4.70. The van der Waals surface area contributed by atoms with Crippen LogP contribution in [0.25, 0.3) is 22.3 Å². The van der Waals surface area contributed by atoms with Gasteiger partial charge in [0.15, 0.2) is 5.60 Å². The van der Waals surface area contributed by atoms with Crippen molar-refractivity contribution < 1.29 is 19.0 Å². The van der Waals surface area contributed by atoms with Crippen molar-refractivity contribution in [2.75, 3.05) is 11.5 Å². The SMILES string of the molecule is CC[C@@]1(O)C(=O)OCc2c1cc1n(c2=O)Cc2c-1nc1cc(F)c(C)cc1c2CSCCS. The lowest BCUT2D eigenvalue weighted by Gasteiger charge is -2.31. The first-order valence-electron chi connectivity index (χ1n) is 10.8. The molecule has 1 N–H and O–H groups in total. The van der Waals surface area contributed by atoms with Crippen molar-refractivity contribution >= 4 is 41.3 Å². The van der Waals surface area contributed by atoms with Crippen LogP contribution in [0, 0.1) is 12.7 Å². The van der Waals surface area contributed by atoms with Gasteiger partial charge in [-0.3, -0.25) is 4.79 Å². The number of rotatable bonds is 5.